The van der Waals surface area contributed by atoms with Gasteiger partial charge in [-0.2, -0.15) is 0 Å². The van der Waals surface area contributed by atoms with E-state index in [0.29, 0.717) is 21.3 Å². The number of hydrogen-bond donors (Lipinski definition) is 0. The Morgan fingerprint density at radius 2 is 1.62 bits per heavy atom. The largest absolute Gasteiger partial charge is 0.452 e. The summed E-state index contributed by atoms with van der Waals surface area (Å²) in [6, 6.07) is 12.0. The third-order valence-corrected chi connectivity index (χ3v) is 4.15. The van der Waals surface area contributed by atoms with Crippen LogP contribution >= 0.6 is 31.9 Å². The summed E-state index contributed by atoms with van der Waals surface area (Å²) < 4.78 is 7.18. The molecule has 3 nitrogen and oxygen atoms in total. The van der Waals surface area contributed by atoms with E-state index < -0.39 is 0 Å². The Bertz CT molecular complexity index is 794. The Hall–Kier alpha value is -1.72. The Balaban J connectivity index is 1.97. The van der Waals surface area contributed by atoms with Crippen LogP contribution in [0.25, 0.3) is 0 Å². The maximum atomic E-state index is 12.4. The van der Waals surface area contributed by atoms with E-state index in [1.54, 1.807) is 42.5 Å². The van der Waals surface area contributed by atoms with Crippen molar-refractivity contribution in [3.05, 3.63) is 74.4 Å². The van der Waals surface area contributed by atoms with Gasteiger partial charge in [0, 0.05) is 21.7 Å². The van der Waals surface area contributed by atoms with Crippen LogP contribution in [0.3, 0.4) is 0 Å². The van der Waals surface area contributed by atoms with E-state index in [0.717, 1.165) is 4.47 Å². The molecule has 0 amide bonds. The molecule has 1 aliphatic carbocycles. The van der Waals surface area contributed by atoms with E-state index in [1.807, 2.05) is 0 Å². The molecule has 0 radical (unpaired) electrons. The van der Waals surface area contributed by atoms with E-state index in [2.05, 4.69) is 31.9 Å². The van der Waals surface area contributed by atoms with E-state index in [4.69, 9.17) is 4.74 Å². The molecule has 0 saturated heterocycles. The number of ether oxygens (including phenoxy) is 1. The highest BCUT2D eigenvalue weighted by Gasteiger charge is 2.27. The first-order valence-corrected chi connectivity index (χ1v) is 7.67. The van der Waals surface area contributed by atoms with Crippen molar-refractivity contribution < 1.29 is 14.3 Å². The van der Waals surface area contributed by atoms with Crippen LogP contribution in [-0.2, 0) is 0 Å². The van der Waals surface area contributed by atoms with Crippen molar-refractivity contribution in [1.82, 2.24) is 0 Å². The third-order valence-electron chi connectivity index (χ3n) is 3.04. The summed E-state index contributed by atoms with van der Waals surface area (Å²) in [5.74, 6) is -0.0137. The number of ketones is 2. The second-order valence-electron chi connectivity index (χ2n) is 4.42. The molecular weight excluding hydrogens is 400 g/mol. The second-order valence-corrected chi connectivity index (χ2v) is 6.19. The normalized spacial score (nSPS) is 13.7. The fourth-order valence-corrected chi connectivity index (χ4v) is 3.17. The molecule has 0 fully saturated rings. The smallest absolute Gasteiger partial charge is 0.229 e. The number of halogens is 2. The molecule has 0 saturated carbocycles. The van der Waals surface area contributed by atoms with Crippen molar-refractivity contribution in [2.75, 3.05) is 0 Å². The monoisotopic (exact) mass is 406 g/mol. The van der Waals surface area contributed by atoms with Crippen molar-refractivity contribution in [2.45, 2.75) is 0 Å². The summed E-state index contributed by atoms with van der Waals surface area (Å²) in [6.07, 6.45) is 1.24. The number of Topliss-reactive ketones (excluding diaryl/α,β-unsaturated/α-hetero) is 1. The molecule has 0 unspecified atom stereocenters. The minimum atomic E-state index is -0.292. The van der Waals surface area contributed by atoms with Crippen LogP contribution in [0.4, 0.5) is 0 Å². The lowest BCUT2D eigenvalue weighted by Gasteiger charge is -2.16. The SMILES string of the molecule is O=C1C=C(Oc2ccc(Br)cc2Br)C(=O)c2ccccc21. The van der Waals surface area contributed by atoms with E-state index in [-0.39, 0.29) is 17.3 Å². The highest BCUT2D eigenvalue weighted by molar-refractivity contribution is 9.11. The van der Waals surface area contributed by atoms with E-state index in [9.17, 15) is 9.59 Å². The average molecular weight is 408 g/mol. The zero-order valence-electron chi connectivity index (χ0n) is 10.6. The van der Waals surface area contributed by atoms with Gasteiger partial charge in [0.2, 0.25) is 5.78 Å². The number of hydrogen-bond acceptors (Lipinski definition) is 3. The van der Waals surface area contributed by atoms with Gasteiger partial charge < -0.3 is 4.74 Å². The summed E-state index contributed by atoms with van der Waals surface area (Å²) in [6.45, 7) is 0. The van der Waals surface area contributed by atoms with Gasteiger partial charge in [0.1, 0.15) is 5.75 Å². The minimum absolute atomic E-state index is 0.0294. The lowest BCUT2D eigenvalue weighted by atomic mass is 9.94. The molecule has 0 heterocycles. The Kier molecular flexibility index (Phi) is 3.78. The highest BCUT2D eigenvalue weighted by atomic mass is 79.9. The van der Waals surface area contributed by atoms with Crippen molar-refractivity contribution in [3.63, 3.8) is 0 Å². The van der Waals surface area contributed by atoms with Gasteiger partial charge in [-0.05, 0) is 34.1 Å². The molecule has 0 bridgehead atoms. The number of fused-ring (bicyclic) bond motifs is 1. The lowest BCUT2D eigenvalue weighted by Crippen LogP contribution is -2.20. The van der Waals surface area contributed by atoms with Crippen LogP contribution in [0.15, 0.2) is 63.2 Å². The van der Waals surface area contributed by atoms with Crippen molar-refractivity contribution in [2.24, 2.45) is 0 Å². The number of carbonyl (C=O) groups is 2. The zero-order chi connectivity index (χ0) is 15.0. The summed E-state index contributed by atoms with van der Waals surface area (Å²) in [7, 11) is 0. The molecule has 0 atom stereocenters. The molecule has 104 valence electrons. The van der Waals surface area contributed by atoms with Gasteiger partial charge in [-0.25, -0.2) is 0 Å². The standard InChI is InChI=1S/C16H8Br2O3/c17-9-5-6-14(12(18)7-9)21-15-8-13(19)10-3-1-2-4-11(10)16(15)20/h1-8H. The molecule has 1 aliphatic rings. The molecule has 0 aromatic heterocycles. The zero-order valence-corrected chi connectivity index (χ0v) is 13.8. The van der Waals surface area contributed by atoms with Gasteiger partial charge >= 0.3 is 0 Å². The molecule has 0 spiro atoms. The topological polar surface area (TPSA) is 43.4 Å². The van der Waals surface area contributed by atoms with E-state index >= 15 is 0 Å². The number of carbonyl (C=O) groups excluding carboxylic acids is 2. The van der Waals surface area contributed by atoms with Crippen LogP contribution in [0, 0.1) is 0 Å². The minimum Gasteiger partial charge on any atom is -0.452 e. The first-order valence-electron chi connectivity index (χ1n) is 6.09. The van der Waals surface area contributed by atoms with Gasteiger partial charge in [-0.3, -0.25) is 9.59 Å². The van der Waals surface area contributed by atoms with Crippen LogP contribution < -0.4 is 4.74 Å². The quantitative estimate of drug-likeness (QED) is 0.733. The lowest BCUT2D eigenvalue weighted by molar-refractivity contribution is 0.0946. The molecule has 0 N–H and O–H groups in total. The maximum absolute atomic E-state index is 12.4. The highest BCUT2D eigenvalue weighted by Crippen LogP contribution is 2.31. The average Bonchev–Trinajstić information content (AvgIpc) is 2.47. The van der Waals surface area contributed by atoms with Crippen LogP contribution in [0.5, 0.6) is 5.75 Å². The third kappa shape index (κ3) is 2.71. The van der Waals surface area contributed by atoms with Gasteiger partial charge in [0.15, 0.2) is 11.5 Å². The fraction of sp³-hybridized carbons (Fsp3) is 0. The van der Waals surface area contributed by atoms with Gasteiger partial charge in [0.25, 0.3) is 0 Å². The number of rotatable bonds is 2. The Labute approximate surface area is 137 Å². The molecule has 21 heavy (non-hydrogen) atoms. The summed E-state index contributed by atoms with van der Waals surface area (Å²) in [5.41, 5.74) is 0.776. The fourth-order valence-electron chi connectivity index (χ4n) is 2.04. The molecule has 2 aromatic rings. The summed E-state index contributed by atoms with van der Waals surface area (Å²) >= 11 is 6.71. The molecule has 2 aromatic carbocycles. The predicted octanol–water partition coefficient (Wildman–Crippen LogP) is 4.55. The maximum Gasteiger partial charge on any atom is 0.229 e. The molecule has 3 rings (SSSR count). The van der Waals surface area contributed by atoms with Gasteiger partial charge in [-0.1, -0.05) is 40.2 Å². The molecular formula is C16H8Br2O3. The van der Waals surface area contributed by atoms with E-state index in [1.165, 1.54) is 6.08 Å². The molecule has 0 aliphatic heterocycles. The van der Waals surface area contributed by atoms with Crippen molar-refractivity contribution >= 4 is 43.4 Å². The van der Waals surface area contributed by atoms with Crippen LogP contribution in [0.2, 0.25) is 0 Å². The van der Waals surface area contributed by atoms with Crippen molar-refractivity contribution in [1.29, 1.82) is 0 Å². The second kappa shape index (κ2) is 5.58. The Morgan fingerprint density at radius 3 is 2.33 bits per heavy atom. The van der Waals surface area contributed by atoms with Crippen LogP contribution in [0.1, 0.15) is 20.7 Å². The Morgan fingerprint density at radius 1 is 0.905 bits per heavy atom. The summed E-state index contributed by atoms with van der Waals surface area (Å²) in [4.78, 5) is 24.4. The number of allylic oxidation sites excluding steroid dienone is 2. The van der Waals surface area contributed by atoms with Gasteiger partial charge in [-0.15, -0.1) is 0 Å². The summed E-state index contributed by atoms with van der Waals surface area (Å²) in [5, 5.41) is 0. The van der Waals surface area contributed by atoms with Crippen LogP contribution in [-0.4, -0.2) is 11.6 Å². The van der Waals surface area contributed by atoms with Gasteiger partial charge in [0.05, 0.1) is 4.47 Å². The first kappa shape index (κ1) is 14.2. The first-order chi connectivity index (χ1) is 10.1. The predicted molar refractivity (Wildman–Crippen MR) is 85.7 cm³/mol. The molecule has 5 heteroatoms. The van der Waals surface area contributed by atoms with Crippen molar-refractivity contribution in [3.8, 4) is 5.75 Å². The number of benzene rings is 2.